The third kappa shape index (κ3) is 2.34. The molecule has 0 aromatic rings. The molecule has 0 bridgehead atoms. The van der Waals surface area contributed by atoms with Gasteiger partial charge in [0.05, 0.1) is 6.61 Å². The van der Waals surface area contributed by atoms with Crippen molar-refractivity contribution < 1.29 is 12.6 Å². The van der Waals surface area contributed by atoms with Crippen molar-refractivity contribution in [3.63, 3.8) is 0 Å². The molecule has 2 rings (SSSR count). The van der Waals surface area contributed by atoms with Gasteiger partial charge in [-0.15, -0.1) is 0 Å². The summed E-state index contributed by atoms with van der Waals surface area (Å²) in [4.78, 5) is 0. The molecule has 2 aliphatic heterocycles. The first-order chi connectivity index (χ1) is 7.17. The fourth-order valence-corrected chi connectivity index (χ4v) is 3.92. The molecule has 0 aliphatic carbocycles. The number of hydrogen-bond donors (Lipinski definition) is 0. The Morgan fingerprint density at radius 2 is 2.13 bits per heavy atom. The van der Waals surface area contributed by atoms with Crippen LogP contribution in [0.15, 0.2) is 0 Å². The first-order valence-electron chi connectivity index (χ1n) is 5.84. The predicted molar refractivity (Wildman–Crippen MR) is 57.7 cm³/mol. The molecule has 15 heavy (non-hydrogen) atoms. The van der Waals surface area contributed by atoms with Crippen molar-refractivity contribution in [2.24, 2.45) is 0 Å². The first kappa shape index (κ1) is 11.4. The van der Waals surface area contributed by atoms with Crippen LogP contribution in [0.2, 0.25) is 0 Å². The van der Waals surface area contributed by atoms with Crippen molar-refractivity contribution in [1.82, 2.24) is 4.31 Å². The van der Waals surface area contributed by atoms with Crippen LogP contribution in [0.3, 0.4) is 0 Å². The van der Waals surface area contributed by atoms with Gasteiger partial charge in [-0.1, -0.05) is 32.6 Å². The minimum Gasteiger partial charge on any atom is -0.258 e. The van der Waals surface area contributed by atoms with Crippen molar-refractivity contribution in [3.05, 3.63) is 0 Å². The van der Waals surface area contributed by atoms with Crippen LogP contribution in [0, 0.1) is 0 Å². The lowest BCUT2D eigenvalue weighted by atomic mass is 10.1. The van der Waals surface area contributed by atoms with Gasteiger partial charge >= 0.3 is 10.3 Å². The lowest BCUT2D eigenvalue weighted by molar-refractivity contribution is 0.265. The van der Waals surface area contributed by atoms with Gasteiger partial charge in [-0.25, -0.2) is 0 Å². The lowest BCUT2D eigenvalue weighted by Gasteiger charge is -2.10. The van der Waals surface area contributed by atoms with Gasteiger partial charge in [0.25, 0.3) is 0 Å². The monoisotopic (exact) mass is 233 g/mol. The van der Waals surface area contributed by atoms with Crippen molar-refractivity contribution in [1.29, 1.82) is 0 Å². The zero-order chi connectivity index (χ0) is 10.9. The van der Waals surface area contributed by atoms with Crippen LogP contribution in [0.1, 0.15) is 45.4 Å². The normalized spacial score (nSPS) is 37.3. The maximum absolute atomic E-state index is 11.4. The largest absolute Gasteiger partial charge is 0.339 e. The van der Waals surface area contributed by atoms with Gasteiger partial charge in [0, 0.05) is 12.1 Å². The van der Waals surface area contributed by atoms with Gasteiger partial charge < -0.3 is 0 Å². The summed E-state index contributed by atoms with van der Waals surface area (Å²) in [5, 5.41) is 0. The number of unbranched alkanes of at least 4 members (excludes halogenated alkanes) is 3. The summed E-state index contributed by atoms with van der Waals surface area (Å²) in [5.41, 5.74) is 0. The molecule has 0 N–H and O–H groups in total. The highest BCUT2D eigenvalue weighted by Crippen LogP contribution is 2.41. The van der Waals surface area contributed by atoms with Gasteiger partial charge in [0.2, 0.25) is 0 Å². The van der Waals surface area contributed by atoms with E-state index in [-0.39, 0.29) is 12.1 Å². The van der Waals surface area contributed by atoms with E-state index >= 15 is 0 Å². The minimum atomic E-state index is -3.35. The molecule has 5 heteroatoms. The number of hydrogen-bond acceptors (Lipinski definition) is 3. The molecular formula is C10H19NO3S. The Morgan fingerprint density at radius 3 is 2.80 bits per heavy atom. The van der Waals surface area contributed by atoms with E-state index < -0.39 is 10.3 Å². The minimum absolute atomic E-state index is 0.245. The summed E-state index contributed by atoms with van der Waals surface area (Å²) in [6, 6.07) is 0.500. The van der Waals surface area contributed by atoms with Crippen LogP contribution >= 0.6 is 0 Å². The summed E-state index contributed by atoms with van der Waals surface area (Å²) in [7, 11) is -3.35. The third-order valence-electron chi connectivity index (χ3n) is 3.27. The van der Waals surface area contributed by atoms with Crippen molar-refractivity contribution in [3.8, 4) is 0 Å². The first-order valence-corrected chi connectivity index (χ1v) is 7.21. The van der Waals surface area contributed by atoms with Gasteiger partial charge in [-0.2, -0.15) is 12.7 Å². The second-order valence-electron chi connectivity index (χ2n) is 4.38. The van der Waals surface area contributed by atoms with Crippen LogP contribution in [-0.2, 0) is 14.5 Å². The van der Waals surface area contributed by atoms with Crippen LogP contribution in [-0.4, -0.2) is 31.4 Å². The maximum Gasteiger partial charge on any atom is 0.339 e. The van der Waals surface area contributed by atoms with E-state index in [4.69, 9.17) is 4.18 Å². The van der Waals surface area contributed by atoms with Crippen molar-refractivity contribution >= 4 is 10.3 Å². The Morgan fingerprint density at radius 1 is 1.33 bits per heavy atom. The van der Waals surface area contributed by atoms with Crippen molar-refractivity contribution in [2.45, 2.75) is 57.5 Å². The fraction of sp³-hybridized carbons (Fsp3) is 1.00. The van der Waals surface area contributed by atoms with E-state index in [9.17, 15) is 8.42 Å². The molecule has 2 saturated heterocycles. The van der Waals surface area contributed by atoms with Crippen LogP contribution < -0.4 is 0 Å². The third-order valence-corrected chi connectivity index (χ3v) is 4.79. The quantitative estimate of drug-likeness (QED) is 0.536. The highest BCUT2D eigenvalue weighted by atomic mass is 32.2. The molecule has 2 heterocycles. The van der Waals surface area contributed by atoms with Gasteiger partial charge in [0.15, 0.2) is 0 Å². The average molecular weight is 233 g/mol. The Kier molecular flexibility index (Phi) is 3.33. The highest BCUT2D eigenvalue weighted by Gasteiger charge is 2.57. The van der Waals surface area contributed by atoms with E-state index in [2.05, 4.69) is 6.92 Å². The second kappa shape index (κ2) is 4.39. The lowest BCUT2D eigenvalue weighted by Crippen LogP contribution is -2.24. The molecule has 0 spiro atoms. The Bertz CT molecular complexity index is 315. The molecule has 3 atom stereocenters. The van der Waals surface area contributed by atoms with E-state index in [0.717, 1.165) is 19.3 Å². The molecular weight excluding hydrogens is 214 g/mol. The van der Waals surface area contributed by atoms with Crippen molar-refractivity contribution in [2.75, 3.05) is 6.61 Å². The number of rotatable bonds is 5. The van der Waals surface area contributed by atoms with E-state index in [1.165, 1.54) is 19.3 Å². The average Bonchev–Trinajstić information content (AvgIpc) is 2.88. The summed E-state index contributed by atoms with van der Waals surface area (Å²) >= 11 is 0. The van der Waals surface area contributed by atoms with Crippen LogP contribution in [0.25, 0.3) is 0 Å². The molecule has 0 saturated carbocycles. The van der Waals surface area contributed by atoms with Gasteiger partial charge in [0.1, 0.15) is 0 Å². The molecule has 4 nitrogen and oxygen atoms in total. The summed E-state index contributed by atoms with van der Waals surface area (Å²) in [5.74, 6) is 0. The fourth-order valence-electron chi connectivity index (χ4n) is 2.40. The Hall–Kier alpha value is -0.130. The second-order valence-corrected chi connectivity index (χ2v) is 5.90. The van der Waals surface area contributed by atoms with Crippen LogP contribution in [0.5, 0.6) is 0 Å². The molecule has 0 aromatic carbocycles. The molecule has 88 valence electrons. The highest BCUT2D eigenvalue weighted by molar-refractivity contribution is 7.84. The standard InChI is InChI=1S/C10H19NO3S/c1-2-3-4-5-6-9-10-7-8-14-15(12,13)11(9)10/h9-10H,2-8H2,1H3/t9-,10-,11?/m1/s1. The van der Waals surface area contributed by atoms with E-state index in [1.54, 1.807) is 4.31 Å². The van der Waals surface area contributed by atoms with E-state index in [0.29, 0.717) is 6.61 Å². The zero-order valence-electron chi connectivity index (χ0n) is 9.18. The molecule has 2 aliphatic rings. The summed E-state index contributed by atoms with van der Waals surface area (Å²) < 4.78 is 29.2. The topological polar surface area (TPSA) is 46.4 Å². The Balaban J connectivity index is 1.77. The maximum atomic E-state index is 11.4. The van der Waals surface area contributed by atoms with Crippen LogP contribution in [0.4, 0.5) is 0 Å². The van der Waals surface area contributed by atoms with Gasteiger partial charge in [-0.05, 0) is 12.8 Å². The molecule has 1 unspecified atom stereocenters. The molecule has 0 amide bonds. The number of fused-ring (bicyclic) bond motifs is 1. The molecule has 2 fully saturated rings. The smallest absolute Gasteiger partial charge is 0.258 e. The Labute approximate surface area is 91.9 Å². The summed E-state index contributed by atoms with van der Waals surface area (Å²) in [6.45, 7) is 2.55. The molecule has 0 radical (unpaired) electrons. The predicted octanol–water partition coefficient (Wildman–Crippen LogP) is 1.67. The van der Waals surface area contributed by atoms with E-state index in [1.807, 2.05) is 0 Å². The summed E-state index contributed by atoms with van der Waals surface area (Å²) in [6.07, 6.45) is 6.71. The SMILES string of the molecule is CCCCCC[C@@H]1[C@H]2CCOS(=O)(=O)N12. The number of nitrogens with zero attached hydrogens (tertiary/aromatic N) is 1. The molecule has 0 aromatic heterocycles. The van der Waals surface area contributed by atoms with Gasteiger partial charge in [-0.3, -0.25) is 4.18 Å². The zero-order valence-corrected chi connectivity index (χ0v) is 10.0.